The fraction of sp³-hybridized carbons (Fsp3) is 0.420. The van der Waals surface area contributed by atoms with Crippen molar-refractivity contribution in [3.8, 4) is 0 Å². The molecule has 116 heavy (non-hydrogen) atoms. The van der Waals surface area contributed by atoms with Crippen molar-refractivity contribution in [2.24, 2.45) is 32.7 Å². The largest absolute Gasteiger partial charge is 0.440 e. The molecule has 6 aromatic carbocycles. The molecule has 13 aromatic rings. The van der Waals surface area contributed by atoms with Crippen LogP contribution in [0.4, 0.5) is 11.4 Å². The van der Waals surface area contributed by atoms with Gasteiger partial charge in [0.05, 0.1) is 32.9 Å². The van der Waals surface area contributed by atoms with Crippen LogP contribution in [0.1, 0.15) is 274 Å². The number of oxazole rings is 1. The Kier molecular flexibility index (Phi) is 37.2. The van der Waals surface area contributed by atoms with Gasteiger partial charge in [0.25, 0.3) is 0 Å². The molecule has 14 nitrogen and oxygen atoms in total. The molecule has 3 aliphatic rings. The van der Waals surface area contributed by atoms with Crippen LogP contribution < -0.4 is 0 Å². The molecule has 0 aliphatic carbocycles. The van der Waals surface area contributed by atoms with Gasteiger partial charge in [-0.05, 0) is 251 Å². The third kappa shape index (κ3) is 28.2. The Morgan fingerprint density at radius 1 is 0.526 bits per heavy atom. The van der Waals surface area contributed by atoms with E-state index in [0.717, 1.165) is 82.9 Å². The van der Waals surface area contributed by atoms with E-state index in [1.807, 2.05) is 85.1 Å². The number of carbonyl (C=O) groups is 1. The molecule has 16 heteroatoms. The molecule has 10 heterocycles. The van der Waals surface area contributed by atoms with Crippen LogP contribution in [-0.2, 0) is 12.8 Å². The van der Waals surface area contributed by atoms with Crippen molar-refractivity contribution >= 4 is 100 Å². The zero-order valence-electron chi connectivity index (χ0n) is 74.3. The van der Waals surface area contributed by atoms with E-state index >= 15 is 0 Å². The number of benzene rings is 6. The Bertz CT molecular complexity index is 5110. The number of rotatable bonds is 15. The summed E-state index contributed by atoms with van der Waals surface area (Å²) in [6.45, 7) is 53.8. The first kappa shape index (κ1) is 93.3. The molecule has 0 unspecified atom stereocenters. The van der Waals surface area contributed by atoms with Crippen molar-refractivity contribution in [3.05, 3.63) is 263 Å². The first-order valence-corrected chi connectivity index (χ1v) is 43.2. The summed E-state index contributed by atoms with van der Waals surface area (Å²) in [5.74, 6) is 3.57. The van der Waals surface area contributed by atoms with Crippen LogP contribution in [0.15, 0.2) is 227 Å². The van der Waals surface area contributed by atoms with Gasteiger partial charge in [-0.2, -0.15) is 5.10 Å². The van der Waals surface area contributed by atoms with Crippen LogP contribution in [0.2, 0.25) is 5.02 Å². The Morgan fingerprint density at radius 2 is 1.19 bits per heavy atom. The number of hydrogen-bond acceptors (Lipinski definition) is 10. The average molecular weight is 1600 g/mol. The molecule has 0 radical (unpaired) electrons. The number of aliphatic imine (C=N–C) groups is 3. The predicted octanol–water partition coefficient (Wildman–Crippen LogP) is 29.4. The number of thiazole rings is 1. The fourth-order valence-electron chi connectivity index (χ4n) is 12.9. The summed E-state index contributed by atoms with van der Waals surface area (Å²) in [6.07, 6.45) is 26.6. The summed E-state index contributed by atoms with van der Waals surface area (Å²) in [4.78, 5) is 38.4. The number of Topliss-reactive ketones (excluding diaryl/α,β-unsaturated/α-hetero) is 1. The third-order valence-electron chi connectivity index (χ3n) is 20.0. The maximum Gasteiger partial charge on any atom is 0.198 e. The molecule has 0 N–H and O–H groups in total. The number of carbonyl (C=O) groups excluding carboxylic acids is 1. The number of fused-ring (bicyclic) bond motifs is 6. The van der Waals surface area contributed by atoms with E-state index < -0.39 is 0 Å². The molecule has 0 amide bonds. The summed E-state index contributed by atoms with van der Waals surface area (Å²) < 4.78 is 17.7. The van der Waals surface area contributed by atoms with Gasteiger partial charge in [0.1, 0.15) is 5.52 Å². The lowest BCUT2D eigenvalue weighted by Crippen LogP contribution is -2.06. The highest BCUT2D eigenvalue weighted by Crippen LogP contribution is 2.34. The Hall–Kier alpha value is -9.83. The van der Waals surface area contributed by atoms with Gasteiger partial charge < -0.3 is 22.7 Å². The Balaban J connectivity index is 0.000000180. The standard InChI is InChI=1S/C17H23NO.2C12H15N.C11H12ClNO.C11H13NS.C11H13N.2C7H11N.2C6H10N2/c1-4-5-6-7-17(19)13-8-9-15-14(10-13)11-16(18-15)12(2)3;1-8(2)12-7-10-9(3)5-4-6-11(10)13-12;1-9(2)13-10(3)8-11-6-4-5-7-12(11)13;1-6(2)11-13-9-5-8(12)7(3)4-10(9)14-11;1-7(2)11-12-9-6-8(3)4-5-10(9)13-11;1-9(2)12-8-7-10-5-3-4-6-11(10)12;1-7(2)8-5-3-4-6-8;1-6(2)7-4-3-5-8-7;1-6(2)8-4-3-7-5-8;1-6(2)8-5-3-4-7-8/h8-10,12H,4-7,11H2,1-3H3;4-6,8H,7H2,1-3H3;4-9H,1-3H3;4-6H,1-3H3;4-7H,1-3H3;3-9H,1-2H3;3-7H,1-2H3;3,5-6H,4H2,1-2H3;2*3-6H,1-2H3. The van der Waals surface area contributed by atoms with E-state index in [9.17, 15) is 4.79 Å². The number of unbranched alkanes of at least 4 members (excludes halogenated alkanes) is 2. The van der Waals surface area contributed by atoms with E-state index in [2.05, 4.69) is 341 Å². The molecule has 0 saturated heterocycles. The van der Waals surface area contributed by atoms with Gasteiger partial charge in [0.15, 0.2) is 17.3 Å². The summed E-state index contributed by atoms with van der Waals surface area (Å²) in [5.41, 5.74) is 20.1. The fourth-order valence-corrected chi connectivity index (χ4v) is 14.0. The highest BCUT2D eigenvalue weighted by atomic mass is 35.5. The topological polar surface area (TPSA) is 144 Å². The van der Waals surface area contributed by atoms with E-state index in [-0.39, 0.29) is 5.78 Å². The summed E-state index contributed by atoms with van der Waals surface area (Å²) in [7, 11) is 0. The number of aromatic nitrogens is 9. The number of allylic oxidation sites excluding steroid dienone is 1. The molecule has 0 bridgehead atoms. The van der Waals surface area contributed by atoms with Gasteiger partial charge in [0.2, 0.25) is 0 Å². The summed E-state index contributed by atoms with van der Waals surface area (Å²) in [5, 5.41) is 8.67. The second-order valence-electron chi connectivity index (χ2n) is 33.1. The van der Waals surface area contributed by atoms with E-state index in [0.29, 0.717) is 66.2 Å². The number of imidazole rings is 1. The second kappa shape index (κ2) is 46.2. The number of halogens is 1. The molecular formula is C100H133ClN12O2S. The van der Waals surface area contributed by atoms with Crippen molar-refractivity contribution < 1.29 is 9.21 Å². The number of hydrogen-bond donors (Lipinski definition) is 0. The SMILES string of the molecule is CC(C)C1=NC=CC1.CC(C)n1ccc2ccccc21.CC(C)n1cccc1.CC(C)n1cccn1.CC(C)n1ccnc1.CCCCCC(=O)c1ccc2c(c1)CC(C(C)C)=N2.Cc1cc2ccccc2n1C(C)C.Cc1cc2oc(C(C)C)nc2cc1Cl.Cc1ccc2sc(C(C)C)nc2c1.Cc1cccc2c1CC(C(C)C)=N2. The van der Waals surface area contributed by atoms with Gasteiger partial charge >= 0.3 is 0 Å². The monoisotopic (exact) mass is 1600 g/mol. The maximum atomic E-state index is 12.1. The summed E-state index contributed by atoms with van der Waals surface area (Å²) in [6, 6.07) is 52.7. The lowest BCUT2D eigenvalue weighted by molar-refractivity contribution is 0.0979. The van der Waals surface area contributed by atoms with Crippen molar-refractivity contribution in [2.75, 3.05) is 0 Å². The number of para-hydroxylation sites is 2. The third-order valence-corrected chi connectivity index (χ3v) is 21.7. The van der Waals surface area contributed by atoms with Gasteiger partial charge in [-0.15, -0.1) is 11.3 Å². The molecule has 7 aromatic heterocycles. The minimum atomic E-state index is 0.272. The van der Waals surface area contributed by atoms with E-state index in [1.54, 1.807) is 23.7 Å². The first-order valence-electron chi connectivity index (χ1n) is 42.0. The molecule has 3 aliphatic heterocycles. The molecule has 16 rings (SSSR count). The Labute approximate surface area is 703 Å². The van der Waals surface area contributed by atoms with E-state index in [1.165, 1.54) is 82.3 Å². The van der Waals surface area contributed by atoms with Crippen LogP contribution in [0, 0.1) is 45.4 Å². The van der Waals surface area contributed by atoms with Crippen molar-refractivity contribution in [1.82, 2.24) is 43.0 Å². The van der Waals surface area contributed by atoms with Gasteiger partial charge in [0, 0.05) is 162 Å². The number of aryl methyl sites for hydroxylation is 4. The lowest BCUT2D eigenvalue weighted by atomic mass is 9.98. The molecule has 0 saturated carbocycles. The van der Waals surface area contributed by atoms with Crippen LogP contribution in [0.25, 0.3) is 43.1 Å². The van der Waals surface area contributed by atoms with Crippen molar-refractivity contribution in [2.45, 2.75) is 260 Å². The van der Waals surface area contributed by atoms with Gasteiger partial charge in [-0.1, -0.05) is 161 Å². The maximum absolute atomic E-state index is 12.1. The molecule has 618 valence electrons. The van der Waals surface area contributed by atoms with Gasteiger partial charge in [-0.25, -0.2) is 15.0 Å². The minimum Gasteiger partial charge on any atom is -0.440 e. The zero-order valence-corrected chi connectivity index (χ0v) is 75.9. The average Bonchev–Trinajstić information content (AvgIpc) is 1.66. The van der Waals surface area contributed by atoms with Crippen LogP contribution >= 0.6 is 22.9 Å². The number of ketones is 1. The highest BCUT2D eigenvalue weighted by Gasteiger charge is 2.21. The smallest absolute Gasteiger partial charge is 0.198 e. The normalized spacial score (nSPS) is 12.3. The molecule has 0 spiro atoms. The second-order valence-corrected chi connectivity index (χ2v) is 34.5. The quantitative estimate of drug-likeness (QED) is 0.0738. The first-order chi connectivity index (χ1) is 55.2. The molecular weight excluding hydrogens is 1470 g/mol. The van der Waals surface area contributed by atoms with E-state index in [4.69, 9.17) is 16.0 Å². The molecule has 0 atom stereocenters. The molecule has 0 fully saturated rings. The zero-order chi connectivity index (χ0) is 84.9. The van der Waals surface area contributed by atoms with Crippen LogP contribution in [0.3, 0.4) is 0 Å². The van der Waals surface area contributed by atoms with Crippen LogP contribution in [0.5, 0.6) is 0 Å². The lowest BCUT2D eigenvalue weighted by Gasteiger charge is -2.11. The summed E-state index contributed by atoms with van der Waals surface area (Å²) >= 11 is 7.80. The Morgan fingerprint density at radius 3 is 1.73 bits per heavy atom. The predicted molar refractivity (Wildman–Crippen MR) is 499 cm³/mol. The van der Waals surface area contributed by atoms with Crippen molar-refractivity contribution in [3.63, 3.8) is 0 Å². The number of nitrogens with zero attached hydrogens (tertiary/aromatic N) is 12. The van der Waals surface area contributed by atoms with Crippen molar-refractivity contribution in [1.29, 1.82) is 0 Å². The minimum absolute atomic E-state index is 0.272. The highest BCUT2D eigenvalue weighted by molar-refractivity contribution is 7.18. The van der Waals surface area contributed by atoms with Gasteiger partial charge in [-0.3, -0.25) is 24.5 Å². The van der Waals surface area contributed by atoms with Crippen LogP contribution in [-0.4, -0.2) is 65.9 Å².